The molecule has 21 N–H and O–H groups in total. The number of hydrogen-bond donors (Lipinski definition) is 19. The molecule has 5 aromatic carbocycles. The van der Waals surface area contributed by atoms with Crippen LogP contribution in [0.3, 0.4) is 0 Å². The number of amides is 11. The van der Waals surface area contributed by atoms with Crippen LogP contribution in [0.4, 0.5) is 22.7 Å². The summed E-state index contributed by atoms with van der Waals surface area (Å²) in [6.45, 7) is 3.11. The number of unbranched alkanes of at least 4 members (excludes halogenated alkanes) is 2. The van der Waals surface area contributed by atoms with Gasteiger partial charge in [-0.1, -0.05) is 48.5 Å². The van der Waals surface area contributed by atoms with Crippen molar-refractivity contribution in [2.75, 3.05) is 108 Å². The molecule has 6 atom stereocenters. The number of azo groups is 1. The summed E-state index contributed by atoms with van der Waals surface area (Å²) in [6, 6.07) is 14.3. The molecule has 3 fully saturated rings. The van der Waals surface area contributed by atoms with Crippen LogP contribution in [0.5, 0.6) is 5.75 Å². The number of phenols is 1. The first-order valence-corrected chi connectivity index (χ1v) is 43.3. The maximum absolute atomic E-state index is 14.4. The highest BCUT2D eigenvalue weighted by molar-refractivity contribution is 8.01. The molecule has 43 nitrogen and oxygen atoms in total. The van der Waals surface area contributed by atoms with Gasteiger partial charge < -0.3 is 85.1 Å². The van der Waals surface area contributed by atoms with Crippen molar-refractivity contribution in [2.24, 2.45) is 16.0 Å². The molecule has 0 spiro atoms. The largest absolute Gasteiger partial charge is 0.505 e. The number of aliphatic carboxylic acids is 3. The van der Waals surface area contributed by atoms with E-state index in [4.69, 9.17) is 16.9 Å². The van der Waals surface area contributed by atoms with Gasteiger partial charge in [0.05, 0.1) is 60.4 Å². The highest BCUT2D eigenvalue weighted by Gasteiger charge is 2.40. The minimum absolute atomic E-state index is 0.0352. The van der Waals surface area contributed by atoms with Crippen molar-refractivity contribution in [3.05, 3.63) is 102 Å². The third kappa shape index (κ3) is 29.7. The SMILES string of the molecule is Cc1cc(-c2ccc(NC(=O)[C@@H](CCCCNC(=O)CCN3C(=O)CC(SCC(=O)NCCCC[C@H]4NC(=O)[C@H](Cc5ccccc5)NC(=O)[C@H](CC(=O)O)NC(=O)CNC(=O)[C@H](CCCNC(=N)N)NC4=O)C3=O)NC(=O)CN3CCN(CC(=O)O)CCN(CC(=O)O)CC3)c(C)c2)ccc1/N=N/c1ccc2c(S(=O)(=O)O)cc(S(=O)(=O)O)c(N)c2c1O. The summed E-state index contributed by atoms with van der Waals surface area (Å²) in [7, 11) is -10.3. The number of phenolic OH excluding ortho intramolecular Hbond substituents is 1. The minimum Gasteiger partial charge on any atom is -0.505 e. The molecule has 124 heavy (non-hydrogen) atoms. The van der Waals surface area contributed by atoms with Crippen LogP contribution in [-0.4, -0.2) is 288 Å². The number of rotatable bonds is 38. The van der Waals surface area contributed by atoms with Crippen LogP contribution >= 0.6 is 11.8 Å². The Kier molecular flexibility index (Phi) is 35.8. The zero-order valence-corrected chi connectivity index (χ0v) is 70.2. The van der Waals surface area contributed by atoms with Gasteiger partial charge in [-0.2, -0.15) is 21.9 Å². The van der Waals surface area contributed by atoms with E-state index in [1.807, 2.05) is 0 Å². The first-order chi connectivity index (χ1) is 58.7. The van der Waals surface area contributed by atoms with Gasteiger partial charge in [0.2, 0.25) is 65.0 Å². The molecular formula is C78H101N19O24S3. The van der Waals surface area contributed by atoms with Crippen molar-refractivity contribution in [1.29, 1.82) is 5.41 Å². The summed E-state index contributed by atoms with van der Waals surface area (Å²) < 4.78 is 68.4. The van der Waals surface area contributed by atoms with E-state index in [2.05, 4.69) is 63.4 Å². The summed E-state index contributed by atoms with van der Waals surface area (Å²) in [5, 5.41) is 80.2. The van der Waals surface area contributed by atoms with Crippen LogP contribution in [0.25, 0.3) is 21.9 Å². The number of nitrogens with one attached hydrogen (secondary N) is 11. The maximum atomic E-state index is 14.4. The van der Waals surface area contributed by atoms with Gasteiger partial charge >= 0.3 is 17.9 Å². The topological polar surface area (TPSA) is 663 Å². The zero-order chi connectivity index (χ0) is 90.7. The number of carbonyl (C=O) groups is 14. The molecule has 3 aliphatic heterocycles. The Hall–Kier alpha value is -12.3. The lowest BCUT2D eigenvalue weighted by molar-refractivity contribution is -0.141. The number of carboxylic acids is 3. The van der Waals surface area contributed by atoms with Crippen LogP contribution in [0.2, 0.25) is 0 Å². The second-order valence-corrected chi connectivity index (χ2v) is 33.6. The van der Waals surface area contributed by atoms with Crippen molar-refractivity contribution < 1.29 is 113 Å². The van der Waals surface area contributed by atoms with Crippen LogP contribution < -0.4 is 64.6 Å². The summed E-state index contributed by atoms with van der Waals surface area (Å²) in [5.74, 6) is -13.1. The van der Waals surface area contributed by atoms with E-state index >= 15 is 0 Å². The number of likely N-dealkylation sites (tertiary alicyclic amines) is 1. The van der Waals surface area contributed by atoms with Gasteiger partial charge in [0.1, 0.15) is 45.7 Å². The van der Waals surface area contributed by atoms with E-state index in [0.29, 0.717) is 39.6 Å². The fraction of sp³-hybridized carbons (Fsp3) is 0.449. The molecule has 0 aromatic heterocycles. The summed E-state index contributed by atoms with van der Waals surface area (Å²) in [4.78, 5) is 189. The number of carboxylic acid groups (broad SMARTS) is 3. The van der Waals surface area contributed by atoms with E-state index in [1.165, 1.54) is 0 Å². The van der Waals surface area contributed by atoms with Gasteiger partial charge in [-0.25, -0.2) is 0 Å². The van der Waals surface area contributed by atoms with E-state index in [0.717, 1.165) is 28.8 Å². The number of benzene rings is 5. The first-order valence-electron chi connectivity index (χ1n) is 39.4. The van der Waals surface area contributed by atoms with Crippen LogP contribution in [0, 0.1) is 19.3 Å². The number of imide groups is 1. The van der Waals surface area contributed by atoms with Crippen molar-refractivity contribution in [3.8, 4) is 16.9 Å². The summed E-state index contributed by atoms with van der Waals surface area (Å²) in [5.41, 5.74) is 14.1. The lowest BCUT2D eigenvalue weighted by Gasteiger charge is -2.26. The Labute approximate surface area is 716 Å². The standard InChI is InChI=1S/C78H101N19O24S3/c1-44-33-47(48-17-20-51(45(2)34-48)92-93-52-21-18-49-59(123(116,117)118)38-60(124(119,120)121)70(79)69(49)71(52)109)16-19-50(44)88-73(111)54(86-63(100)40-94-27-29-95(41-67(105)106)31-32-96(30-28-94)42-68(107)108)13-6-8-23-82-61(98)22-26-97-65(102)37-58(77(97)115)122-43-64(101)83-24-9-7-14-55-74(112)89-53(15-10-25-84-78(80)81)72(110)85-39-62(99)87-57(36-66(103)104)76(114)91-56(75(113)90-55)35-46-11-4-3-5-12-46/h3-5,11-12,16-21,33-34,38,53-58,109H,6-10,13-15,22-32,35-37,39-43,79H2,1-2H3,(H,82,98)(H,83,101)(H,85,110)(H,86,100)(H,87,99)(H,88,111)(H,89,112)(H,90,113)(H,91,114)(H,103,104)(H,105,106)(H,107,108)(H4,80,81,84)(H,116,117,118)(H,119,120,121)/b93-92+/t53-,54+,55+,56-,57-,58?/m0/s1. The molecule has 8 rings (SSSR count). The lowest BCUT2D eigenvalue weighted by Crippen LogP contribution is -2.58. The van der Waals surface area contributed by atoms with Crippen LogP contribution in [0.15, 0.2) is 105 Å². The Morgan fingerprint density at radius 3 is 1.76 bits per heavy atom. The Morgan fingerprint density at radius 1 is 0.605 bits per heavy atom. The average molecular weight is 1780 g/mol. The van der Waals surface area contributed by atoms with Gasteiger partial charge in [0, 0.05) is 95.8 Å². The number of nitrogens with two attached hydrogens (primary N) is 2. The maximum Gasteiger partial charge on any atom is 0.317 e. The number of fused-ring (bicyclic) bond motifs is 1. The number of hydrogen-bond acceptors (Lipinski definition) is 27. The van der Waals surface area contributed by atoms with Gasteiger partial charge in [-0.3, -0.25) is 101 Å². The van der Waals surface area contributed by atoms with E-state index in [1.54, 1.807) is 95.3 Å². The fourth-order valence-corrected chi connectivity index (χ4v) is 16.2. The van der Waals surface area contributed by atoms with Crippen LogP contribution in [0.1, 0.15) is 87.3 Å². The Morgan fingerprint density at radius 2 is 1.15 bits per heavy atom. The molecule has 3 saturated heterocycles. The molecule has 0 radical (unpaired) electrons. The quantitative estimate of drug-likeness (QED) is 0.00459. The van der Waals surface area contributed by atoms with Gasteiger partial charge in [0.25, 0.3) is 20.2 Å². The molecule has 3 aliphatic rings. The monoisotopic (exact) mass is 1780 g/mol. The Balaban J connectivity index is 0.847. The van der Waals surface area contributed by atoms with Crippen molar-refractivity contribution in [3.63, 3.8) is 0 Å². The predicted molar refractivity (Wildman–Crippen MR) is 449 cm³/mol. The third-order valence-corrected chi connectivity index (χ3v) is 23.3. The molecule has 3 heterocycles. The number of nitrogen functional groups attached to an aromatic ring is 1. The number of guanidine groups is 1. The third-order valence-electron chi connectivity index (χ3n) is 20.3. The van der Waals surface area contributed by atoms with Gasteiger partial charge in [-0.05, 0) is 129 Å². The number of anilines is 2. The molecular weight excluding hydrogens is 1680 g/mol. The number of thioether (sulfide) groups is 1. The number of nitrogens with zero attached hydrogens (tertiary/aromatic N) is 6. The van der Waals surface area contributed by atoms with E-state index in [9.17, 15) is 113 Å². The number of carbonyl (C=O) groups excluding carboxylic acids is 11. The second-order valence-electron chi connectivity index (χ2n) is 29.7. The molecule has 0 aliphatic carbocycles. The second kappa shape index (κ2) is 45.7. The lowest BCUT2D eigenvalue weighted by atomic mass is 10.00. The van der Waals surface area contributed by atoms with Crippen molar-refractivity contribution in [1.82, 2.24) is 67.5 Å². The molecule has 0 saturated carbocycles. The van der Waals surface area contributed by atoms with E-state index < -0.39 is 178 Å². The highest BCUT2D eigenvalue weighted by Crippen LogP contribution is 2.44. The Bertz CT molecular complexity index is 5100. The van der Waals surface area contributed by atoms with Crippen molar-refractivity contribution in [2.45, 2.75) is 136 Å². The smallest absolute Gasteiger partial charge is 0.317 e. The minimum atomic E-state index is -5.16. The molecule has 0 bridgehead atoms. The average Bonchev–Trinajstić information content (AvgIpc) is 0.843. The van der Waals surface area contributed by atoms with Crippen molar-refractivity contribution >= 4 is 154 Å². The number of aryl methyl sites for hydroxylation is 2. The zero-order valence-electron chi connectivity index (χ0n) is 67.7. The molecule has 46 heteroatoms. The number of aromatic hydroxyl groups is 1. The summed E-state index contributed by atoms with van der Waals surface area (Å²) >= 11 is 0.906. The molecule has 670 valence electrons. The molecule has 1 unspecified atom stereocenters. The van der Waals surface area contributed by atoms with Gasteiger partial charge in [-0.15, -0.1) is 16.9 Å². The van der Waals surface area contributed by atoms with E-state index in [-0.39, 0.29) is 184 Å². The molecule has 5 aromatic rings. The van der Waals surface area contributed by atoms with Gasteiger partial charge in [0.15, 0.2) is 11.7 Å². The predicted octanol–water partition coefficient (Wildman–Crippen LogP) is -0.294. The molecule has 11 amide bonds. The highest BCUT2D eigenvalue weighted by atomic mass is 32.2. The summed E-state index contributed by atoms with van der Waals surface area (Å²) in [6.07, 6.45) is -0.588. The van der Waals surface area contributed by atoms with Crippen LogP contribution in [-0.2, 0) is 93.8 Å². The fourth-order valence-electron chi connectivity index (χ4n) is 13.8. The first kappa shape index (κ1) is 97.1. The normalized spacial score (nSPS) is 18.5.